The summed E-state index contributed by atoms with van der Waals surface area (Å²) in [7, 11) is 1.65. The van der Waals surface area contributed by atoms with Crippen molar-refractivity contribution in [2.24, 2.45) is 0 Å². The highest BCUT2D eigenvalue weighted by Gasteiger charge is 2.15. The molecule has 0 amide bonds. The highest BCUT2D eigenvalue weighted by atomic mass is 16.5. The van der Waals surface area contributed by atoms with E-state index < -0.39 is 0 Å². The van der Waals surface area contributed by atoms with Crippen LogP contribution in [0.1, 0.15) is 6.92 Å². The summed E-state index contributed by atoms with van der Waals surface area (Å²) in [5, 5.41) is 19.1. The Morgan fingerprint density at radius 2 is 1.68 bits per heavy atom. The van der Waals surface area contributed by atoms with E-state index in [4.69, 9.17) is 14.6 Å². The maximum atomic E-state index is 5.55. The lowest BCUT2D eigenvalue weighted by atomic mass is 10.1. The molecule has 7 heteroatoms. The van der Waals surface area contributed by atoms with Crippen molar-refractivity contribution in [3.8, 4) is 22.9 Å². The van der Waals surface area contributed by atoms with E-state index in [0.717, 1.165) is 33.5 Å². The summed E-state index contributed by atoms with van der Waals surface area (Å²) in [5.41, 5.74) is 2.49. The number of methoxy groups -OCH3 is 1. The first-order valence-corrected chi connectivity index (χ1v) is 10.1. The first-order chi connectivity index (χ1) is 15.3. The summed E-state index contributed by atoms with van der Waals surface area (Å²) in [5.74, 6) is 2.97. The molecule has 0 spiro atoms. The summed E-state index contributed by atoms with van der Waals surface area (Å²) in [4.78, 5) is 0. The first-order valence-electron chi connectivity index (χ1n) is 10.1. The largest absolute Gasteiger partial charge is 0.497 e. The van der Waals surface area contributed by atoms with E-state index in [2.05, 4.69) is 15.5 Å². The highest BCUT2D eigenvalue weighted by molar-refractivity contribution is 6.01. The van der Waals surface area contributed by atoms with Gasteiger partial charge in [-0.1, -0.05) is 30.3 Å². The van der Waals surface area contributed by atoms with Crippen LogP contribution < -0.4 is 14.8 Å². The van der Waals surface area contributed by atoms with E-state index in [1.807, 2.05) is 79.7 Å². The van der Waals surface area contributed by atoms with Crippen LogP contribution in [-0.4, -0.2) is 33.5 Å². The number of anilines is 2. The van der Waals surface area contributed by atoms with Gasteiger partial charge in [-0.3, -0.25) is 0 Å². The van der Waals surface area contributed by atoms with Crippen LogP contribution in [0.3, 0.4) is 0 Å². The van der Waals surface area contributed by atoms with Gasteiger partial charge in [0.2, 0.25) is 0 Å². The number of aromatic nitrogens is 4. The Kier molecular flexibility index (Phi) is 4.84. The van der Waals surface area contributed by atoms with Gasteiger partial charge in [-0.25, -0.2) is 0 Å². The molecule has 2 heterocycles. The van der Waals surface area contributed by atoms with Crippen molar-refractivity contribution in [2.75, 3.05) is 19.0 Å². The van der Waals surface area contributed by atoms with Crippen LogP contribution in [0.5, 0.6) is 11.5 Å². The summed E-state index contributed by atoms with van der Waals surface area (Å²) < 4.78 is 12.7. The maximum Gasteiger partial charge on any atom is 0.186 e. The van der Waals surface area contributed by atoms with Crippen molar-refractivity contribution in [3.63, 3.8) is 0 Å². The van der Waals surface area contributed by atoms with Crippen LogP contribution in [0, 0.1) is 0 Å². The highest BCUT2D eigenvalue weighted by Crippen LogP contribution is 2.30. The number of nitrogens with one attached hydrogen (secondary N) is 1. The Labute approximate surface area is 179 Å². The Hall–Kier alpha value is -4.13. The average molecular weight is 411 g/mol. The van der Waals surface area contributed by atoms with Crippen molar-refractivity contribution in [1.82, 2.24) is 19.8 Å². The zero-order valence-corrected chi connectivity index (χ0v) is 17.2. The molecule has 3 aromatic carbocycles. The van der Waals surface area contributed by atoms with Crippen LogP contribution in [0.25, 0.3) is 27.8 Å². The second-order valence-electron chi connectivity index (χ2n) is 6.97. The van der Waals surface area contributed by atoms with Gasteiger partial charge in [0.05, 0.1) is 13.7 Å². The van der Waals surface area contributed by atoms with Crippen molar-refractivity contribution in [3.05, 3.63) is 72.8 Å². The molecule has 1 N–H and O–H groups in total. The third-order valence-corrected chi connectivity index (χ3v) is 5.02. The molecule has 0 saturated heterocycles. The van der Waals surface area contributed by atoms with E-state index in [1.165, 1.54) is 0 Å². The van der Waals surface area contributed by atoms with Crippen LogP contribution in [0.4, 0.5) is 11.5 Å². The lowest BCUT2D eigenvalue weighted by Gasteiger charge is -2.11. The molecular weight excluding hydrogens is 390 g/mol. The van der Waals surface area contributed by atoms with Crippen LogP contribution in [-0.2, 0) is 0 Å². The zero-order chi connectivity index (χ0) is 21.2. The second-order valence-corrected chi connectivity index (χ2v) is 6.97. The number of rotatable bonds is 6. The van der Waals surface area contributed by atoms with E-state index >= 15 is 0 Å². The number of nitrogens with zero attached hydrogens (tertiary/aromatic N) is 4. The molecule has 0 radical (unpaired) electrons. The molecule has 0 atom stereocenters. The van der Waals surface area contributed by atoms with Gasteiger partial charge in [0.15, 0.2) is 17.3 Å². The van der Waals surface area contributed by atoms with Crippen LogP contribution in [0.2, 0.25) is 0 Å². The van der Waals surface area contributed by atoms with E-state index in [0.29, 0.717) is 23.9 Å². The molecular formula is C24H21N5O2. The minimum absolute atomic E-state index is 0.625. The number of ether oxygens (including phenoxy) is 2. The Morgan fingerprint density at radius 1 is 0.871 bits per heavy atom. The van der Waals surface area contributed by atoms with Crippen molar-refractivity contribution in [2.45, 2.75) is 6.92 Å². The average Bonchev–Trinajstić information content (AvgIpc) is 3.24. The van der Waals surface area contributed by atoms with Crippen LogP contribution >= 0.6 is 0 Å². The fraction of sp³-hybridized carbons (Fsp3) is 0.125. The fourth-order valence-corrected chi connectivity index (χ4v) is 3.56. The normalized spacial score (nSPS) is 11.0. The monoisotopic (exact) mass is 411 g/mol. The van der Waals surface area contributed by atoms with Gasteiger partial charge in [0.1, 0.15) is 11.5 Å². The lowest BCUT2D eigenvalue weighted by Crippen LogP contribution is -2.02. The molecule has 0 fully saturated rings. The van der Waals surface area contributed by atoms with Crippen molar-refractivity contribution in [1.29, 1.82) is 0 Å². The molecule has 5 aromatic rings. The van der Waals surface area contributed by atoms with Crippen molar-refractivity contribution < 1.29 is 9.47 Å². The summed E-state index contributed by atoms with van der Waals surface area (Å²) in [6, 6.07) is 23.6. The molecule has 0 unspecified atom stereocenters. The molecule has 0 aliphatic rings. The first kappa shape index (κ1) is 18.9. The zero-order valence-electron chi connectivity index (χ0n) is 17.2. The topological polar surface area (TPSA) is 73.6 Å². The Balaban J connectivity index is 1.65. The minimum Gasteiger partial charge on any atom is -0.497 e. The summed E-state index contributed by atoms with van der Waals surface area (Å²) >= 11 is 0. The third kappa shape index (κ3) is 3.50. The molecule has 5 rings (SSSR count). The molecule has 0 bridgehead atoms. The predicted octanol–water partition coefficient (Wildman–Crippen LogP) is 5.10. The predicted molar refractivity (Wildman–Crippen MR) is 121 cm³/mol. The van der Waals surface area contributed by atoms with E-state index in [1.54, 1.807) is 11.6 Å². The van der Waals surface area contributed by atoms with Gasteiger partial charge in [0.25, 0.3) is 0 Å². The fourth-order valence-electron chi connectivity index (χ4n) is 3.56. The molecule has 2 aromatic heterocycles. The number of fused-ring (bicyclic) bond motifs is 3. The SMILES string of the molecule is CCOc1ccc(-c2nnc3c4ccccc4c(Nc4cccc(OC)c4)nn23)cc1. The van der Waals surface area contributed by atoms with Crippen molar-refractivity contribution >= 4 is 27.9 Å². The van der Waals surface area contributed by atoms with Gasteiger partial charge in [0, 0.05) is 28.1 Å². The second kappa shape index (κ2) is 7.95. The molecule has 154 valence electrons. The third-order valence-electron chi connectivity index (χ3n) is 5.02. The molecule has 0 saturated carbocycles. The van der Waals surface area contributed by atoms with E-state index in [9.17, 15) is 0 Å². The van der Waals surface area contributed by atoms with Gasteiger partial charge in [-0.05, 0) is 43.3 Å². The van der Waals surface area contributed by atoms with Crippen LogP contribution in [0.15, 0.2) is 72.8 Å². The Bertz CT molecular complexity index is 1360. The van der Waals surface area contributed by atoms with Gasteiger partial charge >= 0.3 is 0 Å². The van der Waals surface area contributed by atoms with E-state index in [-0.39, 0.29) is 0 Å². The Morgan fingerprint density at radius 3 is 2.45 bits per heavy atom. The maximum absolute atomic E-state index is 5.55. The molecule has 0 aliphatic heterocycles. The molecule has 7 nitrogen and oxygen atoms in total. The molecule has 0 aliphatic carbocycles. The molecule has 31 heavy (non-hydrogen) atoms. The summed E-state index contributed by atoms with van der Waals surface area (Å²) in [6.45, 7) is 2.59. The lowest BCUT2D eigenvalue weighted by molar-refractivity contribution is 0.340. The standard InChI is InChI=1S/C24H21N5O2/c1-3-31-18-13-11-16(12-14-18)23-26-27-24-21-10-5-4-9-20(21)22(28-29(23)24)25-17-7-6-8-19(15-17)30-2/h4-15H,3H2,1-2H3,(H,25,28). The minimum atomic E-state index is 0.625. The van der Waals surface area contributed by atoms with Gasteiger partial charge in [-0.15, -0.1) is 15.3 Å². The van der Waals surface area contributed by atoms with Gasteiger partial charge < -0.3 is 14.8 Å². The number of hydrogen-bond donors (Lipinski definition) is 1. The number of hydrogen-bond acceptors (Lipinski definition) is 6. The summed E-state index contributed by atoms with van der Waals surface area (Å²) in [6.07, 6.45) is 0. The van der Waals surface area contributed by atoms with Gasteiger partial charge in [-0.2, -0.15) is 4.52 Å². The smallest absolute Gasteiger partial charge is 0.186 e. The number of benzene rings is 3. The quantitative estimate of drug-likeness (QED) is 0.419.